The summed E-state index contributed by atoms with van der Waals surface area (Å²) in [7, 11) is 0. The lowest BCUT2D eigenvalue weighted by Gasteiger charge is -2.21. The molecule has 0 saturated carbocycles. The molecule has 0 spiro atoms. The van der Waals surface area contributed by atoms with Gasteiger partial charge in [-0.15, -0.1) is 0 Å². The van der Waals surface area contributed by atoms with Crippen LogP contribution in [-0.4, -0.2) is 36.1 Å². The van der Waals surface area contributed by atoms with Crippen LogP contribution in [-0.2, 0) is 6.54 Å². The van der Waals surface area contributed by atoms with E-state index < -0.39 is 17.4 Å². The van der Waals surface area contributed by atoms with Crippen molar-refractivity contribution in [3.63, 3.8) is 0 Å². The summed E-state index contributed by atoms with van der Waals surface area (Å²) in [5.41, 5.74) is 8.03. The van der Waals surface area contributed by atoms with Crippen molar-refractivity contribution in [1.82, 2.24) is 29.3 Å². The van der Waals surface area contributed by atoms with Crippen LogP contribution in [0.5, 0.6) is 11.5 Å². The number of fused-ring (bicyclic) bond motifs is 3. The molecular weight excluding hydrogens is 477 g/mol. The molecule has 2 aromatic carbocycles. The number of hydrogen-bond donors (Lipinski definition) is 1. The van der Waals surface area contributed by atoms with Crippen LogP contribution < -0.4 is 20.8 Å². The molecule has 1 aliphatic heterocycles. The lowest BCUT2D eigenvalue weighted by Crippen LogP contribution is -2.30. The van der Waals surface area contributed by atoms with Crippen molar-refractivity contribution in [2.24, 2.45) is 0 Å². The molecule has 1 unspecified atom stereocenters. The molecule has 6 rings (SSSR count). The van der Waals surface area contributed by atoms with Gasteiger partial charge in [0.25, 0.3) is 5.56 Å². The van der Waals surface area contributed by atoms with E-state index in [1.165, 1.54) is 17.0 Å². The second kappa shape index (κ2) is 8.84. The molecule has 1 aliphatic rings. The van der Waals surface area contributed by atoms with Crippen LogP contribution in [0.3, 0.4) is 0 Å². The van der Waals surface area contributed by atoms with Gasteiger partial charge in [0, 0.05) is 12.1 Å². The first-order valence-corrected chi connectivity index (χ1v) is 12.1. The number of aromatic nitrogens is 6. The summed E-state index contributed by atoms with van der Waals surface area (Å²) in [6.45, 7) is 4.46. The molecule has 10 nitrogen and oxygen atoms in total. The van der Waals surface area contributed by atoms with Gasteiger partial charge in [-0.2, -0.15) is 5.10 Å². The number of hydrogen-bond acceptors (Lipinski definition) is 8. The van der Waals surface area contributed by atoms with Gasteiger partial charge in [0.2, 0.25) is 6.79 Å². The Balaban J connectivity index is 1.61. The van der Waals surface area contributed by atoms with Crippen molar-refractivity contribution in [3.8, 4) is 22.8 Å². The van der Waals surface area contributed by atoms with Gasteiger partial charge in [-0.05, 0) is 43.2 Å². The zero-order valence-corrected chi connectivity index (χ0v) is 20.3. The van der Waals surface area contributed by atoms with Crippen LogP contribution in [0, 0.1) is 5.82 Å². The molecule has 0 saturated heterocycles. The number of ether oxygens (including phenoxy) is 2. The number of benzene rings is 2. The molecule has 11 heteroatoms. The molecule has 0 aliphatic carbocycles. The van der Waals surface area contributed by atoms with E-state index in [1.807, 2.05) is 32.0 Å². The van der Waals surface area contributed by atoms with E-state index in [-0.39, 0.29) is 18.0 Å². The molecule has 5 aromatic rings. The standard InChI is InChI=1S/C26H24FN7O3/c1-3-10-33-24(31-16-7-5-6-15(27)20(16)26(33)35)17(4-2)34-25-21(23(28)29-12-30-25)22(32-34)14-8-9-18-19(11-14)37-13-36-18/h5-9,11-12,17H,3-4,10,13H2,1-2H3,(H2,28,29,30). The van der Waals surface area contributed by atoms with Gasteiger partial charge in [0.1, 0.15) is 40.9 Å². The van der Waals surface area contributed by atoms with E-state index in [9.17, 15) is 9.18 Å². The van der Waals surface area contributed by atoms with E-state index in [0.29, 0.717) is 59.0 Å². The number of nitrogens with zero attached hydrogens (tertiary/aromatic N) is 6. The minimum atomic E-state index is -0.588. The Morgan fingerprint density at radius 3 is 2.76 bits per heavy atom. The first-order valence-electron chi connectivity index (χ1n) is 12.1. The van der Waals surface area contributed by atoms with Gasteiger partial charge < -0.3 is 15.2 Å². The Labute approximate surface area is 210 Å². The Hall–Kier alpha value is -4.54. The topological polar surface area (TPSA) is 123 Å². The normalized spacial score (nSPS) is 13.5. The van der Waals surface area contributed by atoms with Gasteiger partial charge in [-0.3, -0.25) is 9.36 Å². The Morgan fingerprint density at radius 2 is 1.95 bits per heavy atom. The van der Waals surface area contributed by atoms with Gasteiger partial charge in [-0.1, -0.05) is 19.9 Å². The fourth-order valence-corrected chi connectivity index (χ4v) is 4.86. The molecule has 0 fully saturated rings. The van der Waals surface area contributed by atoms with Crippen molar-refractivity contribution >= 4 is 27.8 Å². The van der Waals surface area contributed by atoms with Gasteiger partial charge in [0.15, 0.2) is 17.1 Å². The third-order valence-corrected chi connectivity index (χ3v) is 6.55. The number of halogens is 1. The molecule has 3 aromatic heterocycles. The predicted molar refractivity (Wildman–Crippen MR) is 136 cm³/mol. The van der Waals surface area contributed by atoms with E-state index in [1.54, 1.807) is 16.8 Å². The van der Waals surface area contributed by atoms with Crippen molar-refractivity contribution in [2.75, 3.05) is 12.5 Å². The monoisotopic (exact) mass is 501 g/mol. The summed E-state index contributed by atoms with van der Waals surface area (Å²) < 4.78 is 28.9. The van der Waals surface area contributed by atoms with Crippen molar-refractivity contribution < 1.29 is 13.9 Å². The zero-order chi connectivity index (χ0) is 25.7. The van der Waals surface area contributed by atoms with Crippen LogP contribution in [0.2, 0.25) is 0 Å². The van der Waals surface area contributed by atoms with E-state index in [2.05, 4.69) is 9.97 Å². The average Bonchev–Trinajstić information content (AvgIpc) is 3.52. The summed E-state index contributed by atoms with van der Waals surface area (Å²) in [6.07, 6.45) is 2.59. The van der Waals surface area contributed by atoms with Gasteiger partial charge in [-0.25, -0.2) is 24.0 Å². The highest BCUT2D eigenvalue weighted by Gasteiger charge is 2.27. The summed E-state index contributed by atoms with van der Waals surface area (Å²) in [5, 5.41) is 5.49. The van der Waals surface area contributed by atoms with Crippen molar-refractivity contribution in [3.05, 3.63) is 64.7 Å². The summed E-state index contributed by atoms with van der Waals surface area (Å²) in [4.78, 5) is 26.9. The minimum absolute atomic E-state index is 0.0208. The first kappa shape index (κ1) is 22.9. The number of rotatable bonds is 6. The van der Waals surface area contributed by atoms with Crippen LogP contribution in [0.4, 0.5) is 10.2 Å². The van der Waals surface area contributed by atoms with Crippen LogP contribution >= 0.6 is 0 Å². The Kier molecular flexibility index (Phi) is 5.47. The Morgan fingerprint density at radius 1 is 1.11 bits per heavy atom. The van der Waals surface area contributed by atoms with Crippen molar-refractivity contribution in [2.45, 2.75) is 39.3 Å². The summed E-state index contributed by atoms with van der Waals surface area (Å²) in [5.74, 6) is 1.43. The van der Waals surface area contributed by atoms with E-state index >= 15 is 0 Å². The highest BCUT2D eigenvalue weighted by atomic mass is 19.1. The van der Waals surface area contributed by atoms with E-state index in [0.717, 1.165) is 5.56 Å². The number of anilines is 1. The van der Waals surface area contributed by atoms with Crippen molar-refractivity contribution in [1.29, 1.82) is 0 Å². The van der Waals surface area contributed by atoms with Crippen LogP contribution in [0.15, 0.2) is 47.5 Å². The smallest absolute Gasteiger partial charge is 0.264 e. The largest absolute Gasteiger partial charge is 0.454 e. The molecule has 4 heterocycles. The number of nitrogens with two attached hydrogens (primary N) is 1. The lowest BCUT2D eigenvalue weighted by atomic mass is 10.1. The Bertz CT molecular complexity index is 1730. The third-order valence-electron chi connectivity index (χ3n) is 6.55. The maximum absolute atomic E-state index is 14.6. The quantitative estimate of drug-likeness (QED) is 0.370. The SMILES string of the molecule is CCCn1c(C(CC)n2nc(-c3ccc4c(c3)OCO4)c3c(N)ncnc32)nc2cccc(F)c2c1=O. The highest BCUT2D eigenvalue weighted by Crippen LogP contribution is 2.39. The highest BCUT2D eigenvalue weighted by molar-refractivity contribution is 5.98. The second-order valence-electron chi connectivity index (χ2n) is 8.80. The fourth-order valence-electron chi connectivity index (χ4n) is 4.86. The zero-order valence-electron chi connectivity index (χ0n) is 20.3. The average molecular weight is 502 g/mol. The lowest BCUT2D eigenvalue weighted by molar-refractivity contribution is 0.174. The fraction of sp³-hybridized carbons (Fsp3) is 0.269. The first-order chi connectivity index (χ1) is 18.0. The summed E-state index contributed by atoms with van der Waals surface area (Å²) in [6, 6.07) is 9.52. The predicted octanol–water partition coefficient (Wildman–Crippen LogP) is 4.06. The molecule has 0 radical (unpaired) electrons. The molecular formula is C26H24FN7O3. The second-order valence-corrected chi connectivity index (χ2v) is 8.80. The number of nitrogen functional groups attached to an aromatic ring is 1. The van der Waals surface area contributed by atoms with E-state index in [4.69, 9.17) is 25.3 Å². The molecule has 1 atom stereocenters. The van der Waals surface area contributed by atoms with Crippen LogP contribution in [0.1, 0.15) is 38.6 Å². The van der Waals surface area contributed by atoms with Crippen LogP contribution in [0.25, 0.3) is 33.2 Å². The molecule has 2 N–H and O–H groups in total. The maximum atomic E-state index is 14.6. The third kappa shape index (κ3) is 3.57. The molecule has 0 bridgehead atoms. The minimum Gasteiger partial charge on any atom is -0.454 e. The molecule has 0 amide bonds. The maximum Gasteiger partial charge on any atom is 0.264 e. The van der Waals surface area contributed by atoms with Gasteiger partial charge >= 0.3 is 0 Å². The molecule has 37 heavy (non-hydrogen) atoms. The molecule has 188 valence electrons. The summed E-state index contributed by atoms with van der Waals surface area (Å²) >= 11 is 0. The van der Waals surface area contributed by atoms with Gasteiger partial charge in [0.05, 0.1) is 10.9 Å².